The van der Waals surface area contributed by atoms with E-state index in [-0.39, 0.29) is 5.91 Å². The second-order valence-electron chi connectivity index (χ2n) is 5.75. The van der Waals surface area contributed by atoms with Gasteiger partial charge in [0.05, 0.1) is 0 Å². The maximum atomic E-state index is 12.3. The highest BCUT2D eigenvalue weighted by Gasteiger charge is 2.22. The molecule has 0 fully saturated rings. The van der Waals surface area contributed by atoms with Crippen LogP contribution in [0.2, 0.25) is 0 Å². The predicted octanol–water partition coefficient (Wildman–Crippen LogP) is 2.51. The number of benzene rings is 1. The number of hydrogen-bond donors (Lipinski definition) is 1. The van der Waals surface area contributed by atoms with E-state index in [0.29, 0.717) is 18.9 Å². The molecule has 104 valence electrons. The Hall–Kier alpha value is -1.35. The smallest absolute Gasteiger partial charge is 0.227 e. The van der Waals surface area contributed by atoms with Gasteiger partial charge in [0, 0.05) is 18.7 Å². The number of rotatable bonds is 4. The van der Waals surface area contributed by atoms with Crippen molar-refractivity contribution in [2.24, 2.45) is 11.7 Å². The Bertz CT molecular complexity index is 454. The molecule has 19 heavy (non-hydrogen) atoms. The first-order chi connectivity index (χ1) is 9.11. The quantitative estimate of drug-likeness (QED) is 0.904. The van der Waals surface area contributed by atoms with E-state index in [1.54, 1.807) is 0 Å². The Balaban J connectivity index is 2.22. The summed E-state index contributed by atoms with van der Waals surface area (Å²) in [5.74, 6) is 0.664. The average molecular weight is 260 g/mol. The fraction of sp³-hybridized carbons (Fsp3) is 0.562. The lowest BCUT2D eigenvalue weighted by Crippen LogP contribution is -2.36. The molecule has 0 saturated heterocycles. The van der Waals surface area contributed by atoms with E-state index < -0.39 is 0 Å². The van der Waals surface area contributed by atoms with Gasteiger partial charge >= 0.3 is 0 Å². The highest BCUT2D eigenvalue weighted by atomic mass is 16.2. The van der Waals surface area contributed by atoms with E-state index in [9.17, 15) is 4.79 Å². The molecule has 3 nitrogen and oxygen atoms in total. The zero-order chi connectivity index (χ0) is 13.8. The summed E-state index contributed by atoms with van der Waals surface area (Å²) in [6.45, 7) is 5.71. The molecule has 1 aliphatic rings. The molecule has 0 radical (unpaired) electrons. The Labute approximate surface area is 115 Å². The molecule has 1 aromatic rings. The van der Waals surface area contributed by atoms with Crippen molar-refractivity contribution in [1.29, 1.82) is 0 Å². The molecule has 0 atom stereocenters. The number of hydrogen-bond acceptors (Lipinski definition) is 2. The van der Waals surface area contributed by atoms with E-state index in [0.717, 1.165) is 31.5 Å². The first-order valence-corrected chi connectivity index (χ1v) is 7.24. The average Bonchev–Trinajstić information content (AvgIpc) is 2.37. The minimum absolute atomic E-state index is 0.252. The fourth-order valence-corrected chi connectivity index (χ4v) is 2.69. The molecule has 0 bridgehead atoms. The molecule has 1 aliphatic heterocycles. The maximum absolute atomic E-state index is 12.3. The number of carbonyl (C=O) groups is 1. The first-order valence-electron chi connectivity index (χ1n) is 7.24. The van der Waals surface area contributed by atoms with Gasteiger partial charge < -0.3 is 10.6 Å². The van der Waals surface area contributed by atoms with Gasteiger partial charge in [-0.3, -0.25) is 4.79 Å². The van der Waals surface area contributed by atoms with Crippen LogP contribution in [0.1, 0.15) is 37.8 Å². The largest absolute Gasteiger partial charge is 0.330 e. The standard InChI is InChI=1S/C16H24N2O/c1-12(2)10-16(19)18-9-3-4-14-11-13(7-8-17)5-6-15(14)18/h5-6,11-12H,3-4,7-10,17H2,1-2H3. The molecule has 0 aliphatic carbocycles. The third-order valence-corrected chi connectivity index (χ3v) is 3.58. The molecule has 0 aromatic heterocycles. The summed E-state index contributed by atoms with van der Waals surface area (Å²) in [5, 5.41) is 0. The van der Waals surface area contributed by atoms with Gasteiger partial charge in [-0.25, -0.2) is 0 Å². The van der Waals surface area contributed by atoms with Crippen molar-refractivity contribution in [2.45, 2.75) is 39.5 Å². The van der Waals surface area contributed by atoms with Crippen LogP contribution in [-0.2, 0) is 17.6 Å². The first kappa shape index (κ1) is 14.1. The van der Waals surface area contributed by atoms with Crippen molar-refractivity contribution < 1.29 is 4.79 Å². The summed E-state index contributed by atoms with van der Waals surface area (Å²) in [5.41, 5.74) is 9.29. The minimum atomic E-state index is 0.252. The van der Waals surface area contributed by atoms with Crippen molar-refractivity contribution in [3.8, 4) is 0 Å². The molecule has 2 N–H and O–H groups in total. The topological polar surface area (TPSA) is 46.3 Å². The van der Waals surface area contributed by atoms with Crippen LogP contribution in [0.5, 0.6) is 0 Å². The number of carbonyl (C=O) groups excluding carboxylic acids is 1. The maximum Gasteiger partial charge on any atom is 0.227 e. The summed E-state index contributed by atoms with van der Waals surface area (Å²) in [6.07, 6.45) is 3.67. The molecular weight excluding hydrogens is 236 g/mol. The van der Waals surface area contributed by atoms with E-state index >= 15 is 0 Å². The molecule has 1 amide bonds. The molecular formula is C16H24N2O. The Morgan fingerprint density at radius 3 is 2.89 bits per heavy atom. The van der Waals surface area contributed by atoms with Crippen LogP contribution in [-0.4, -0.2) is 19.0 Å². The van der Waals surface area contributed by atoms with Gasteiger partial charge in [0.2, 0.25) is 5.91 Å². The fourth-order valence-electron chi connectivity index (χ4n) is 2.69. The number of nitrogens with zero attached hydrogens (tertiary/aromatic N) is 1. The normalized spacial score (nSPS) is 14.6. The SMILES string of the molecule is CC(C)CC(=O)N1CCCc2cc(CCN)ccc21. The number of amides is 1. The summed E-state index contributed by atoms with van der Waals surface area (Å²) >= 11 is 0. The van der Waals surface area contributed by atoms with Gasteiger partial charge in [-0.15, -0.1) is 0 Å². The van der Waals surface area contributed by atoms with Gasteiger partial charge in [0.25, 0.3) is 0 Å². The number of anilines is 1. The van der Waals surface area contributed by atoms with Gasteiger partial charge in [-0.05, 0) is 48.9 Å². The zero-order valence-electron chi connectivity index (χ0n) is 12.0. The summed E-state index contributed by atoms with van der Waals surface area (Å²) in [6, 6.07) is 6.42. The Morgan fingerprint density at radius 2 is 2.21 bits per heavy atom. The van der Waals surface area contributed by atoms with Gasteiger partial charge in [-0.1, -0.05) is 26.0 Å². The van der Waals surface area contributed by atoms with Crippen molar-refractivity contribution in [1.82, 2.24) is 0 Å². The summed E-state index contributed by atoms with van der Waals surface area (Å²) in [7, 11) is 0. The van der Waals surface area contributed by atoms with E-state index in [1.165, 1.54) is 11.1 Å². The zero-order valence-corrected chi connectivity index (χ0v) is 12.0. The lowest BCUT2D eigenvalue weighted by atomic mass is 9.97. The van der Waals surface area contributed by atoms with E-state index in [2.05, 4.69) is 32.0 Å². The second-order valence-corrected chi connectivity index (χ2v) is 5.75. The van der Waals surface area contributed by atoms with Crippen LogP contribution in [0.4, 0.5) is 5.69 Å². The van der Waals surface area contributed by atoms with Crippen molar-refractivity contribution in [3.63, 3.8) is 0 Å². The van der Waals surface area contributed by atoms with E-state index in [4.69, 9.17) is 5.73 Å². The number of fused-ring (bicyclic) bond motifs is 1. The second kappa shape index (κ2) is 6.20. The molecule has 1 heterocycles. The molecule has 1 aromatic carbocycles. The van der Waals surface area contributed by atoms with Crippen molar-refractivity contribution >= 4 is 11.6 Å². The monoisotopic (exact) mass is 260 g/mol. The minimum Gasteiger partial charge on any atom is -0.330 e. The number of nitrogens with two attached hydrogens (primary N) is 1. The van der Waals surface area contributed by atoms with Gasteiger partial charge in [-0.2, -0.15) is 0 Å². The molecule has 2 rings (SSSR count). The summed E-state index contributed by atoms with van der Waals surface area (Å²) in [4.78, 5) is 14.3. The van der Waals surface area contributed by atoms with Crippen LogP contribution in [0.3, 0.4) is 0 Å². The highest BCUT2D eigenvalue weighted by Crippen LogP contribution is 2.29. The van der Waals surface area contributed by atoms with E-state index in [1.807, 2.05) is 4.90 Å². The predicted molar refractivity (Wildman–Crippen MR) is 79.3 cm³/mol. The number of aryl methyl sites for hydroxylation is 1. The van der Waals surface area contributed by atoms with Crippen molar-refractivity contribution in [3.05, 3.63) is 29.3 Å². The third-order valence-electron chi connectivity index (χ3n) is 3.58. The van der Waals surface area contributed by atoms with Crippen molar-refractivity contribution in [2.75, 3.05) is 18.0 Å². The van der Waals surface area contributed by atoms with Gasteiger partial charge in [0.15, 0.2) is 0 Å². The molecule has 0 saturated carbocycles. The lowest BCUT2D eigenvalue weighted by Gasteiger charge is -2.30. The van der Waals surface area contributed by atoms with Crippen LogP contribution in [0.25, 0.3) is 0 Å². The Kier molecular flexibility index (Phi) is 4.59. The van der Waals surface area contributed by atoms with Crippen LogP contribution in [0, 0.1) is 5.92 Å². The highest BCUT2D eigenvalue weighted by molar-refractivity contribution is 5.94. The molecule has 0 spiro atoms. The summed E-state index contributed by atoms with van der Waals surface area (Å²) < 4.78 is 0. The van der Waals surface area contributed by atoms with Crippen LogP contribution >= 0.6 is 0 Å². The van der Waals surface area contributed by atoms with Gasteiger partial charge in [0.1, 0.15) is 0 Å². The lowest BCUT2D eigenvalue weighted by molar-refractivity contribution is -0.119. The third kappa shape index (κ3) is 3.35. The molecule has 3 heteroatoms. The Morgan fingerprint density at radius 1 is 1.42 bits per heavy atom. The molecule has 0 unspecified atom stereocenters. The van der Waals surface area contributed by atoms with Crippen LogP contribution in [0.15, 0.2) is 18.2 Å². The van der Waals surface area contributed by atoms with Crippen LogP contribution < -0.4 is 10.6 Å².